The number of aryl methyl sites for hydroxylation is 2. The minimum absolute atomic E-state index is 0.0812. The summed E-state index contributed by atoms with van der Waals surface area (Å²) in [5.41, 5.74) is 10.5. The summed E-state index contributed by atoms with van der Waals surface area (Å²) in [6.07, 6.45) is 3.83. The summed E-state index contributed by atoms with van der Waals surface area (Å²) >= 11 is 0. The van der Waals surface area contributed by atoms with E-state index in [2.05, 4.69) is 18.3 Å². The van der Waals surface area contributed by atoms with E-state index in [-0.39, 0.29) is 11.9 Å². The van der Waals surface area contributed by atoms with E-state index in [4.69, 9.17) is 10.2 Å². The van der Waals surface area contributed by atoms with Gasteiger partial charge in [0.05, 0.1) is 12.3 Å². The predicted molar refractivity (Wildman–Crippen MR) is 77.5 cm³/mol. The van der Waals surface area contributed by atoms with Crippen molar-refractivity contribution in [1.82, 2.24) is 0 Å². The Morgan fingerprint density at radius 3 is 3.00 bits per heavy atom. The summed E-state index contributed by atoms with van der Waals surface area (Å²) in [6, 6.07) is 7.75. The van der Waals surface area contributed by atoms with Gasteiger partial charge in [-0.3, -0.25) is 4.79 Å². The normalized spacial score (nSPS) is 15.6. The van der Waals surface area contributed by atoms with Crippen LogP contribution >= 0.6 is 0 Å². The summed E-state index contributed by atoms with van der Waals surface area (Å²) in [5, 5.41) is 2.89. The monoisotopic (exact) mass is 270 g/mol. The molecule has 1 aromatic heterocycles. The fourth-order valence-corrected chi connectivity index (χ4v) is 2.69. The smallest absolute Gasteiger partial charge is 0.224 e. The van der Waals surface area contributed by atoms with Crippen LogP contribution in [0.25, 0.3) is 0 Å². The molecule has 0 aliphatic carbocycles. The lowest BCUT2D eigenvalue weighted by Gasteiger charge is -2.19. The number of hydrogen-bond acceptors (Lipinski definition) is 3. The van der Waals surface area contributed by atoms with E-state index < -0.39 is 0 Å². The highest BCUT2D eigenvalue weighted by Gasteiger charge is 2.19. The topological polar surface area (TPSA) is 68.3 Å². The Labute approximate surface area is 118 Å². The Hall–Kier alpha value is -2.07. The Bertz CT molecular complexity index is 646. The standard InChI is InChI=1S/C16H18N2O2/c1-2-14-12(7-8-20-14)16(17)11-3-5-13-10(9-11)4-6-15(19)18-13/h3,5,7-9,16H,2,4,6,17H2,1H3,(H,18,19). The molecule has 2 heterocycles. The van der Waals surface area contributed by atoms with Crippen LogP contribution in [0.1, 0.15) is 41.8 Å². The van der Waals surface area contributed by atoms with Gasteiger partial charge in [0, 0.05) is 24.1 Å². The van der Waals surface area contributed by atoms with Gasteiger partial charge in [-0.05, 0) is 29.7 Å². The minimum atomic E-state index is -0.188. The largest absolute Gasteiger partial charge is 0.469 e. The molecule has 4 nitrogen and oxygen atoms in total. The second-order valence-electron chi connectivity index (χ2n) is 5.10. The summed E-state index contributed by atoms with van der Waals surface area (Å²) in [5.74, 6) is 1.01. The van der Waals surface area contributed by atoms with Crippen molar-refractivity contribution in [3.05, 3.63) is 53.0 Å². The molecule has 3 rings (SSSR count). The van der Waals surface area contributed by atoms with E-state index in [0.29, 0.717) is 6.42 Å². The van der Waals surface area contributed by atoms with Crippen LogP contribution in [0.15, 0.2) is 34.9 Å². The average molecular weight is 270 g/mol. The minimum Gasteiger partial charge on any atom is -0.469 e. The number of amides is 1. The van der Waals surface area contributed by atoms with Crippen LogP contribution in [0, 0.1) is 0 Å². The first-order chi connectivity index (χ1) is 9.69. The van der Waals surface area contributed by atoms with E-state index in [1.807, 2.05) is 18.2 Å². The van der Waals surface area contributed by atoms with Gasteiger partial charge in [-0.1, -0.05) is 19.1 Å². The van der Waals surface area contributed by atoms with Gasteiger partial charge >= 0.3 is 0 Å². The SMILES string of the molecule is CCc1occc1C(N)c1ccc2c(c1)CCC(=O)N2. The molecule has 1 unspecified atom stereocenters. The van der Waals surface area contributed by atoms with Crippen molar-refractivity contribution in [1.29, 1.82) is 0 Å². The van der Waals surface area contributed by atoms with E-state index in [1.165, 1.54) is 0 Å². The van der Waals surface area contributed by atoms with Crippen LogP contribution in [0.4, 0.5) is 5.69 Å². The maximum absolute atomic E-state index is 11.4. The predicted octanol–water partition coefficient (Wildman–Crippen LogP) is 2.77. The Kier molecular flexibility index (Phi) is 3.32. The molecule has 1 aliphatic rings. The fourth-order valence-electron chi connectivity index (χ4n) is 2.69. The molecule has 0 bridgehead atoms. The number of benzene rings is 1. The van der Waals surface area contributed by atoms with E-state index >= 15 is 0 Å². The number of carbonyl (C=O) groups excluding carboxylic acids is 1. The van der Waals surface area contributed by atoms with Crippen LogP contribution < -0.4 is 11.1 Å². The molecule has 104 valence electrons. The molecule has 3 N–H and O–H groups in total. The van der Waals surface area contributed by atoms with Crippen LogP contribution in [0.3, 0.4) is 0 Å². The highest BCUT2D eigenvalue weighted by atomic mass is 16.3. The zero-order chi connectivity index (χ0) is 14.1. The van der Waals surface area contributed by atoms with Crippen molar-refractivity contribution in [3.63, 3.8) is 0 Å². The van der Waals surface area contributed by atoms with Gasteiger partial charge in [0.25, 0.3) is 0 Å². The van der Waals surface area contributed by atoms with E-state index in [9.17, 15) is 4.79 Å². The van der Waals surface area contributed by atoms with Gasteiger partial charge in [0.15, 0.2) is 0 Å². The van der Waals surface area contributed by atoms with Crippen molar-refractivity contribution in [2.45, 2.75) is 32.2 Å². The van der Waals surface area contributed by atoms with Gasteiger partial charge in [0.2, 0.25) is 5.91 Å². The number of carbonyl (C=O) groups is 1. The first-order valence-corrected chi connectivity index (χ1v) is 6.93. The Morgan fingerprint density at radius 1 is 1.35 bits per heavy atom. The summed E-state index contributed by atoms with van der Waals surface area (Å²) in [6.45, 7) is 2.05. The van der Waals surface area contributed by atoms with Gasteiger partial charge in [-0.2, -0.15) is 0 Å². The highest BCUT2D eigenvalue weighted by molar-refractivity contribution is 5.93. The number of fused-ring (bicyclic) bond motifs is 1. The van der Waals surface area contributed by atoms with Crippen molar-refractivity contribution >= 4 is 11.6 Å². The molecule has 1 aromatic carbocycles. The van der Waals surface area contributed by atoms with Crippen LogP contribution in [0.5, 0.6) is 0 Å². The molecule has 0 radical (unpaired) electrons. The van der Waals surface area contributed by atoms with Crippen LogP contribution in [0.2, 0.25) is 0 Å². The van der Waals surface area contributed by atoms with Gasteiger partial charge in [0.1, 0.15) is 5.76 Å². The third-order valence-electron chi connectivity index (χ3n) is 3.82. The lowest BCUT2D eigenvalue weighted by atomic mass is 9.94. The molecule has 0 spiro atoms. The highest BCUT2D eigenvalue weighted by Crippen LogP contribution is 2.29. The van der Waals surface area contributed by atoms with Crippen molar-refractivity contribution in [2.24, 2.45) is 5.73 Å². The number of nitrogens with one attached hydrogen (secondary N) is 1. The Balaban J connectivity index is 1.93. The summed E-state index contributed by atoms with van der Waals surface area (Å²) in [7, 11) is 0. The lowest BCUT2D eigenvalue weighted by molar-refractivity contribution is -0.116. The number of anilines is 1. The summed E-state index contributed by atoms with van der Waals surface area (Å²) in [4.78, 5) is 11.4. The zero-order valence-corrected chi connectivity index (χ0v) is 11.5. The number of nitrogens with two attached hydrogens (primary N) is 1. The fraction of sp³-hybridized carbons (Fsp3) is 0.312. The third-order valence-corrected chi connectivity index (χ3v) is 3.82. The Morgan fingerprint density at radius 2 is 2.20 bits per heavy atom. The van der Waals surface area contributed by atoms with Crippen LogP contribution in [-0.4, -0.2) is 5.91 Å². The van der Waals surface area contributed by atoms with Gasteiger partial charge in [-0.25, -0.2) is 0 Å². The molecule has 1 atom stereocenters. The van der Waals surface area contributed by atoms with Gasteiger partial charge in [-0.15, -0.1) is 0 Å². The molecule has 0 saturated heterocycles. The average Bonchev–Trinajstić information content (AvgIpc) is 2.94. The molecule has 2 aromatic rings. The van der Waals surface area contributed by atoms with Gasteiger partial charge < -0.3 is 15.5 Å². The maximum atomic E-state index is 11.4. The molecule has 0 saturated carbocycles. The number of rotatable bonds is 3. The van der Waals surface area contributed by atoms with Crippen molar-refractivity contribution in [3.8, 4) is 0 Å². The molecule has 20 heavy (non-hydrogen) atoms. The van der Waals surface area contributed by atoms with Crippen molar-refractivity contribution in [2.75, 3.05) is 5.32 Å². The second-order valence-corrected chi connectivity index (χ2v) is 5.10. The van der Waals surface area contributed by atoms with E-state index in [1.54, 1.807) is 6.26 Å². The molecule has 0 fully saturated rings. The molecular weight excluding hydrogens is 252 g/mol. The zero-order valence-electron chi connectivity index (χ0n) is 11.5. The first-order valence-electron chi connectivity index (χ1n) is 6.93. The molecule has 1 aliphatic heterocycles. The maximum Gasteiger partial charge on any atom is 0.224 e. The quantitative estimate of drug-likeness (QED) is 0.901. The third kappa shape index (κ3) is 2.23. The van der Waals surface area contributed by atoms with Crippen molar-refractivity contribution < 1.29 is 9.21 Å². The van der Waals surface area contributed by atoms with Crippen LogP contribution in [-0.2, 0) is 17.6 Å². The molecule has 1 amide bonds. The number of furan rings is 1. The molecular formula is C16H18N2O2. The lowest BCUT2D eigenvalue weighted by Crippen LogP contribution is -2.20. The number of hydrogen-bond donors (Lipinski definition) is 2. The molecule has 4 heteroatoms. The second kappa shape index (κ2) is 5.13. The first kappa shape index (κ1) is 12.9. The van der Waals surface area contributed by atoms with E-state index in [0.717, 1.165) is 41.0 Å². The summed E-state index contributed by atoms with van der Waals surface area (Å²) < 4.78 is 5.45.